The summed E-state index contributed by atoms with van der Waals surface area (Å²) in [4.78, 5) is 16.7. The average Bonchev–Trinajstić information content (AvgIpc) is 3.22. The van der Waals surface area contributed by atoms with Crippen molar-refractivity contribution in [2.45, 2.75) is 26.4 Å². The van der Waals surface area contributed by atoms with Crippen molar-refractivity contribution >= 4 is 16.9 Å². The molecular weight excluding hydrogens is 402 g/mol. The van der Waals surface area contributed by atoms with Gasteiger partial charge in [-0.25, -0.2) is 9.78 Å². The monoisotopic (exact) mass is 425 g/mol. The molecule has 160 valence electrons. The van der Waals surface area contributed by atoms with Gasteiger partial charge in [-0.15, -0.1) is 0 Å². The number of hydrogen-bond donors (Lipinski definition) is 0. The van der Waals surface area contributed by atoms with Crippen LogP contribution in [0.5, 0.6) is 0 Å². The molecule has 0 saturated heterocycles. The van der Waals surface area contributed by atoms with Crippen molar-refractivity contribution in [2.75, 3.05) is 7.11 Å². The van der Waals surface area contributed by atoms with Crippen molar-refractivity contribution in [2.24, 2.45) is 0 Å². The lowest BCUT2D eigenvalue weighted by atomic mass is 9.99. The molecule has 0 N–H and O–H groups in total. The standard InChI is InChI=1S/C27H23NO4/c1-17-10-18(12-22(11-17)19-7-5-8-21(13-19)26(29)30-2)15-31-27-25-23(16-32-27)14-20-6-3-4-9-24(20)28-25/h3-14,27H,15-16H2,1-2H3. The molecule has 0 aliphatic carbocycles. The normalized spacial score (nSPS) is 15.0. The summed E-state index contributed by atoms with van der Waals surface area (Å²) in [6, 6.07) is 23.9. The molecule has 1 unspecified atom stereocenters. The highest BCUT2D eigenvalue weighted by atomic mass is 16.7. The van der Waals surface area contributed by atoms with Gasteiger partial charge in [-0.1, -0.05) is 48.0 Å². The smallest absolute Gasteiger partial charge is 0.337 e. The van der Waals surface area contributed by atoms with Gasteiger partial charge in [0.1, 0.15) is 5.69 Å². The summed E-state index contributed by atoms with van der Waals surface area (Å²) >= 11 is 0. The first-order valence-electron chi connectivity index (χ1n) is 10.5. The highest BCUT2D eigenvalue weighted by Gasteiger charge is 2.26. The molecule has 1 aliphatic heterocycles. The lowest BCUT2D eigenvalue weighted by molar-refractivity contribution is -0.147. The summed E-state index contributed by atoms with van der Waals surface area (Å²) in [5.74, 6) is -0.347. The number of carbonyl (C=O) groups is 1. The van der Waals surface area contributed by atoms with Crippen molar-refractivity contribution in [3.63, 3.8) is 0 Å². The molecule has 0 radical (unpaired) electrons. The van der Waals surface area contributed by atoms with Crippen molar-refractivity contribution in [3.05, 3.63) is 101 Å². The summed E-state index contributed by atoms with van der Waals surface area (Å²) < 4.78 is 16.9. The summed E-state index contributed by atoms with van der Waals surface area (Å²) in [5.41, 5.74) is 7.50. The van der Waals surface area contributed by atoms with E-state index in [4.69, 9.17) is 19.2 Å². The maximum absolute atomic E-state index is 11.9. The topological polar surface area (TPSA) is 57.7 Å². The molecule has 1 atom stereocenters. The number of methoxy groups -OCH3 is 1. The number of pyridine rings is 1. The van der Waals surface area contributed by atoms with Gasteiger partial charge < -0.3 is 14.2 Å². The van der Waals surface area contributed by atoms with E-state index in [9.17, 15) is 4.79 Å². The van der Waals surface area contributed by atoms with Crippen molar-refractivity contribution in [3.8, 4) is 11.1 Å². The van der Waals surface area contributed by atoms with Crippen molar-refractivity contribution < 1.29 is 19.0 Å². The van der Waals surface area contributed by atoms with Crippen molar-refractivity contribution in [1.29, 1.82) is 0 Å². The first-order chi connectivity index (χ1) is 15.6. The summed E-state index contributed by atoms with van der Waals surface area (Å²) in [7, 11) is 1.39. The molecular formula is C27H23NO4. The first kappa shape index (κ1) is 20.4. The summed E-state index contributed by atoms with van der Waals surface area (Å²) in [6.45, 7) is 2.94. The molecule has 5 nitrogen and oxygen atoms in total. The van der Waals surface area contributed by atoms with E-state index in [-0.39, 0.29) is 5.97 Å². The zero-order valence-corrected chi connectivity index (χ0v) is 18.0. The quantitative estimate of drug-likeness (QED) is 0.382. The number of aryl methyl sites for hydroxylation is 1. The Labute approximate surface area is 186 Å². The lowest BCUT2D eigenvalue weighted by Crippen LogP contribution is -2.05. The molecule has 1 aliphatic rings. The van der Waals surface area contributed by atoms with E-state index < -0.39 is 6.29 Å². The number of carbonyl (C=O) groups excluding carboxylic acids is 1. The number of para-hydroxylation sites is 1. The average molecular weight is 425 g/mol. The second-order valence-electron chi connectivity index (χ2n) is 7.96. The number of hydrogen-bond acceptors (Lipinski definition) is 5. The van der Waals surface area contributed by atoms with Gasteiger partial charge in [0.2, 0.25) is 6.29 Å². The van der Waals surface area contributed by atoms with E-state index in [2.05, 4.69) is 30.3 Å². The highest BCUT2D eigenvalue weighted by molar-refractivity contribution is 5.91. The van der Waals surface area contributed by atoms with Gasteiger partial charge in [0.25, 0.3) is 0 Å². The van der Waals surface area contributed by atoms with Crippen LogP contribution in [0, 0.1) is 6.92 Å². The third-order valence-corrected chi connectivity index (χ3v) is 5.61. The number of nitrogens with zero attached hydrogens (tertiary/aromatic N) is 1. The van der Waals surface area contributed by atoms with Crippen LogP contribution in [0.15, 0.2) is 72.8 Å². The fourth-order valence-corrected chi connectivity index (χ4v) is 4.09. The molecule has 4 aromatic rings. The minimum Gasteiger partial charge on any atom is -0.465 e. The van der Waals surface area contributed by atoms with Gasteiger partial charge in [-0.2, -0.15) is 0 Å². The second-order valence-corrected chi connectivity index (χ2v) is 7.96. The maximum Gasteiger partial charge on any atom is 0.337 e. The zero-order valence-electron chi connectivity index (χ0n) is 18.0. The van der Waals surface area contributed by atoms with Crippen LogP contribution in [0.1, 0.15) is 39.0 Å². The summed E-state index contributed by atoms with van der Waals surface area (Å²) in [5, 5.41) is 1.10. The Bertz CT molecular complexity index is 1310. The number of ether oxygens (including phenoxy) is 3. The highest BCUT2D eigenvalue weighted by Crippen LogP contribution is 2.33. The number of rotatable bonds is 5. The molecule has 0 fully saturated rings. The molecule has 2 heterocycles. The third-order valence-electron chi connectivity index (χ3n) is 5.61. The molecule has 5 rings (SSSR count). The Hall–Kier alpha value is -3.54. The Balaban J connectivity index is 1.37. The Kier molecular flexibility index (Phi) is 5.43. The largest absolute Gasteiger partial charge is 0.465 e. The fraction of sp³-hybridized carbons (Fsp3) is 0.185. The maximum atomic E-state index is 11.9. The van der Waals surface area contributed by atoms with Crippen LogP contribution in [0.4, 0.5) is 0 Å². The van der Waals surface area contributed by atoms with Gasteiger partial charge in [-0.05, 0) is 53.9 Å². The predicted molar refractivity (Wildman–Crippen MR) is 122 cm³/mol. The molecule has 3 aromatic carbocycles. The summed E-state index contributed by atoms with van der Waals surface area (Å²) in [6.07, 6.45) is -0.485. The molecule has 5 heteroatoms. The van der Waals surface area contributed by atoms with E-state index >= 15 is 0 Å². The lowest BCUT2D eigenvalue weighted by Gasteiger charge is -2.14. The molecule has 1 aromatic heterocycles. The van der Waals surface area contributed by atoms with Crippen LogP contribution in [0.3, 0.4) is 0 Å². The minimum absolute atomic E-state index is 0.347. The predicted octanol–water partition coefficient (Wildman–Crippen LogP) is 5.74. The van der Waals surface area contributed by atoms with Gasteiger partial charge in [-0.3, -0.25) is 0 Å². The third kappa shape index (κ3) is 4.00. The Morgan fingerprint density at radius 3 is 2.78 bits per heavy atom. The molecule has 0 amide bonds. The Morgan fingerprint density at radius 2 is 1.91 bits per heavy atom. The van der Waals surface area contributed by atoms with Crippen LogP contribution in [0.25, 0.3) is 22.0 Å². The number of fused-ring (bicyclic) bond motifs is 2. The first-order valence-corrected chi connectivity index (χ1v) is 10.5. The minimum atomic E-state index is -0.485. The number of aromatic nitrogens is 1. The van der Waals surface area contributed by atoms with Gasteiger partial charge in [0, 0.05) is 10.9 Å². The fourth-order valence-electron chi connectivity index (χ4n) is 4.09. The van der Waals surface area contributed by atoms with Gasteiger partial charge in [0.15, 0.2) is 0 Å². The van der Waals surface area contributed by atoms with Crippen LogP contribution in [-0.2, 0) is 27.4 Å². The van der Waals surface area contributed by atoms with Crippen molar-refractivity contribution in [1.82, 2.24) is 4.98 Å². The van der Waals surface area contributed by atoms with Gasteiger partial charge in [0.05, 0.1) is 31.4 Å². The SMILES string of the molecule is COC(=O)c1cccc(-c2cc(C)cc(COC3OCc4cc5ccccc5nc43)c2)c1. The number of benzene rings is 3. The van der Waals surface area contributed by atoms with Gasteiger partial charge >= 0.3 is 5.97 Å². The molecule has 0 bridgehead atoms. The van der Waals surface area contributed by atoms with Crippen LogP contribution in [-0.4, -0.2) is 18.1 Å². The van der Waals surface area contributed by atoms with E-state index in [1.54, 1.807) is 6.07 Å². The molecule has 0 saturated carbocycles. The van der Waals surface area contributed by atoms with Crippen LogP contribution >= 0.6 is 0 Å². The van der Waals surface area contributed by atoms with E-state index in [1.165, 1.54) is 7.11 Å². The number of esters is 1. The second kappa shape index (κ2) is 8.54. The molecule has 0 spiro atoms. The van der Waals surface area contributed by atoms with E-state index in [0.29, 0.717) is 18.8 Å². The van der Waals surface area contributed by atoms with E-state index in [1.807, 2.05) is 43.3 Å². The Morgan fingerprint density at radius 1 is 1.03 bits per heavy atom. The van der Waals surface area contributed by atoms with Crippen LogP contribution in [0.2, 0.25) is 0 Å². The van der Waals surface area contributed by atoms with Crippen LogP contribution < -0.4 is 0 Å². The zero-order chi connectivity index (χ0) is 22.1. The van der Waals surface area contributed by atoms with E-state index in [0.717, 1.165) is 44.4 Å². The molecule has 32 heavy (non-hydrogen) atoms.